The zero-order valence-corrected chi connectivity index (χ0v) is 17.2. The van der Waals surface area contributed by atoms with Gasteiger partial charge >= 0.3 is 12.1 Å². The Morgan fingerprint density at radius 1 is 1.28 bits per heavy atom. The Bertz CT molecular complexity index is 1440. The summed E-state index contributed by atoms with van der Waals surface area (Å²) in [6.45, 7) is 0. The van der Waals surface area contributed by atoms with Gasteiger partial charge in [-0.1, -0.05) is 0 Å². The second-order valence-electron chi connectivity index (χ2n) is 7.74. The van der Waals surface area contributed by atoms with Crippen molar-refractivity contribution in [3.63, 3.8) is 0 Å². The third-order valence-electron chi connectivity index (χ3n) is 5.89. The number of amides is 1. The number of halogens is 1. The molecule has 10 heteroatoms. The zero-order valence-electron chi connectivity index (χ0n) is 17.2. The number of anilines is 1. The van der Waals surface area contributed by atoms with Crippen molar-refractivity contribution in [2.24, 2.45) is 0 Å². The lowest BCUT2D eigenvalue weighted by Gasteiger charge is -2.16. The fourth-order valence-corrected chi connectivity index (χ4v) is 4.09. The van der Waals surface area contributed by atoms with Crippen LogP contribution in [0.5, 0.6) is 6.01 Å². The first kappa shape index (κ1) is 19.7. The first-order chi connectivity index (χ1) is 15.4. The smallest absolute Gasteiger partial charge is 0.411 e. The Hall–Kier alpha value is -4.26. The molecule has 3 aromatic heterocycles. The number of nitrogens with zero attached hydrogens (tertiary/aromatic N) is 5. The number of H-pyrrole nitrogens is 1. The molecule has 0 bridgehead atoms. The highest BCUT2D eigenvalue weighted by molar-refractivity contribution is 6.15. The number of carboxylic acid groups (broad SMARTS) is 1. The number of fused-ring (bicyclic) bond motifs is 3. The standard InChI is InChI=1S/C22H17FN6O3/c1-29(21(30)31)15-6-12(23)5-13-16-17(22(10-24)3-4-22)14(9-25-19(16)28-18(13)15)11-7-26-20(32-2)27-8-11/h5-9H,3-4H2,1-2H3,(H,25,28)(H,30,31). The summed E-state index contributed by atoms with van der Waals surface area (Å²) < 4.78 is 19.6. The van der Waals surface area contributed by atoms with Crippen LogP contribution in [0.3, 0.4) is 0 Å². The Balaban J connectivity index is 1.88. The van der Waals surface area contributed by atoms with E-state index in [9.17, 15) is 19.6 Å². The molecule has 1 saturated carbocycles. The van der Waals surface area contributed by atoms with Crippen LogP contribution in [0.1, 0.15) is 18.4 Å². The van der Waals surface area contributed by atoms with Gasteiger partial charge in [0.15, 0.2) is 0 Å². The maximum absolute atomic E-state index is 14.6. The van der Waals surface area contributed by atoms with Crippen LogP contribution in [0.2, 0.25) is 0 Å². The number of hydrogen-bond acceptors (Lipinski definition) is 6. The van der Waals surface area contributed by atoms with E-state index >= 15 is 0 Å². The summed E-state index contributed by atoms with van der Waals surface area (Å²) in [4.78, 5) is 28.4. The quantitative estimate of drug-likeness (QED) is 0.499. The highest BCUT2D eigenvalue weighted by Crippen LogP contribution is 2.54. The topological polar surface area (TPSA) is 128 Å². The van der Waals surface area contributed by atoms with Crippen LogP contribution in [-0.4, -0.2) is 45.3 Å². The highest BCUT2D eigenvalue weighted by atomic mass is 19.1. The van der Waals surface area contributed by atoms with Crippen LogP contribution in [0.4, 0.5) is 14.9 Å². The lowest BCUT2D eigenvalue weighted by Crippen LogP contribution is -2.24. The molecule has 4 aromatic rings. The van der Waals surface area contributed by atoms with Crippen molar-refractivity contribution < 1.29 is 19.0 Å². The summed E-state index contributed by atoms with van der Waals surface area (Å²) in [7, 11) is 2.81. The molecule has 0 radical (unpaired) electrons. The van der Waals surface area contributed by atoms with Gasteiger partial charge in [-0.15, -0.1) is 0 Å². The van der Waals surface area contributed by atoms with E-state index in [2.05, 4.69) is 26.0 Å². The van der Waals surface area contributed by atoms with Crippen LogP contribution in [0.15, 0.2) is 30.7 Å². The number of nitrogens with one attached hydrogen (secondary N) is 1. The summed E-state index contributed by atoms with van der Waals surface area (Å²) in [6.07, 6.45) is 4.88. The first-order valence-corrected chi connectivity index (χ1v) is 9.77. The molecule has 5 rings (SSSR count). The van der Waals surface area contributed by atoms with Gasteiger partial charge in [-0.05, 0) is 30.5 Å². The molecule has 1 amide bonds. The molecule has 0 saturated heterocycles. The van der Waals surface area contributed by atoms with Gasteiger partial charge < -0.3 is 14.8 Å². The van der Waals surface area contributed by atoms with Crippen molar-refractivity contribution in [3.8, 4) is 23.2 Å². The predicted octanol–water partition coefficient (Wildman–Crippen LogP) is 3.99. The van der Waals surface area contributed by atoms with E-state index in [1.54, 1.807) is 18.6 Å². The van der Waals surface area contributed by atoms with E-state index in [1.165, 1.54) is 20.2 Å². The van der Waals surface area contributed by atoms with Crippen LogP contribution < -0.4 is 9.64 Å². The fourth-order valence-electron chi connectivity index (χ4n) is 4.09. The molecule has 160 valence electrons. The van der Waals surface area contributed by atoms with Crippen LogP contribution >= 0.6 is 0 Å². The molecule has 3 heterocycles. The van der Waals surface area contributed by atoms with E-state index in [1.807, 2.05) is 0 Å². The highest BCUT2D eigenvalue weighted by Gasteiger charge is 2.48. The summed E-state index contributed by atoms with van der Waals surface area (Å²) in [5.41, 5.74) is 2.30. The molecule has 0 atom stereocenters. The third kappa shape index (κ3) is 2.82. The molecule has 1 aliphatic carbocycles. The Morgan fingerprint density at radius 2 is 2.00 bits per heavy atom. The number of benzene rings is 1. The average molecular weight is 432 g/mol. The monoisotopic (exact) mass is 432 g/mol. The van der Waals surface area contributed by atoms with Gasteiger partial charge in [0.25, 0.3) is 0 Å². The third-order valence-corrected chi connectivity index (χ3v) is 5.89. The number of aromatic nitrogens is 4. The van der Waals surface area contributed by atoms with Gasteiger partial charge in [0.1, 0.15) is 11.5 Å². The number of methoxy groups -OCH3 is 1. The molecule has 1 fully saturated rings. The Morgan fingerprint density at radius 3 is 2.59 bits per heavy atom. The molecule has 0 aliphatic heterocycles. The molecular weight excluding hydrogens is 415 g/mol. The molecular formula is C22H17FN6O3. The van der Waals surface area contributed by atoms with Gasteiger partial charge in [-0.3, -0.25) is 4.90 Å². The van der Waals surface area contributed by atoms with Crippen LogP contribution in [-0.2, 0) is 5.41 Å². The number of hydrogen-bond donors (Lipinski definition) is 2. The summed E-state index contributed by atoms with van der Waals surface area (Å²) in [5, 5.41) is 20.5. The molecule has 32 heavy (non-hydrogen) atoms. The van der Waals surface area contributed by atoms with E-state index in [-0.39, 0.29) is 11.7 Å². The van der Waals surface area contributed by atoms with Crippen LogP contribution in [0.25, 0.3) is 33.1 Å². The van der Waals surface area contributed by atoms with E-state index in [0.717, 1.165) is 11.0 Å². The number of pyridine rings is 1. The molecule has 9 nitrogen and oxygen atoms in total. The van der Waals surface area contributed by atoms with E-state index < -0.39 is 17.3 Å². The number of aromatic amines is 1. The fraction of sp³-hybridized carbons (Fsp3) is 0.227. The summed E-state index contributed by atoms with van der Waals surface area (Å²) in [5.74, 6) is -0.590. The number of rotatable bonds is 4. The van der Waals surface area contributed by atoms with Crippen molar-refractivity contribution in [1.82, 2.24) is 19.9 Å². The van der Waals surface area contributed by atoms with Crippen LogP contribution in [0, 0.1) is 17.1 Å². The second kappa shape index (κ2) is 6.88. The Kier molecular flexibility index (Phi) is 4.23. The first-order valence-electron chi connectivity index (χ1n) is 9.77. The molecule has 0 spiro atoms. The van der Waals surface area contributed by atoms with Crippen molar-refractivity contribution in [2.45, 2.75) is 18.3 Å². The Labute approximate surface area is 181 Å². The van der Waals surface area contributed by atoms with Gasteiger partial charge in [0.05, 0.1) is 29.8 Å². The molecule has 2 N–H and O–H groups in total. The minimum Gasteiger partial charge on any atom is -0.467 e. The zero-order chi connectivity index (χ0) is 22.6. The average Bonchev–Trinajstić information content (AvgIpc) is 3.51. The maximum atomic E-state index is 14.6. The van der Waals surface area contributed by atoms with E-state index in [0.29, 0.717) is 51.5 Å². The summed E-state index contributed by atoms with van der Waals surface area (Å²) >= 11 is 0. The normalized spacial score (nSPS) is 14.3. The number of nitriles is 1. The SMILES string of the molecule is COc1ncc(-c2cnc3[nH]c4c(N(C)C(=O)O)cc(F)cc4c3c2C2(C#N)CC2)cn1. The van der Waals surface area contributed by atoms with Crippen molar-refractivity contribution in [1.29, 1.82) is 5.26 Å². The minimum absolute atomic E-state index is 0.160. The number of carbonyl (C=O) groups is 1. The van der Waals surface area contributed by atoms with E-state index in [4.69, 9.17) is 4.74 Å². The lowest BCUT2D eigenvalue weighted by molar-refractivity contribution is 0.203. The van der Waals surface area contributed by atoms with Crippen molar-refractivity contribution >= 4 is 33.7 Å². The van der Waals surface area contributed by atoms with Crippen molar-refractivity contribution in [2.75, 3.05) is 19.1 Å². The van der Waals surface area contributed by atoms with Gasteiger partial charge in [0, 0.05) is 47.5 Å². The van der Waals surface area contributed by atoms with Gasteiger partial charge in [0.2, 0.25) is 0 Å². The predicted molar refractivity (Wildman–Crippen MR) is 114 cm³/mol. The lowest BCUT2D eigenvalue weighted by atomic mass is 9.88. The molecule has 0 unspecified atom stereocenters. The molecule has 1 aliphatic rings. The molecule has 1 aromatic carbocycles. The van der Waals surface area contributed by atoms with Gasteiger partial charge in [-0.25, -0.2) is 24.1 Å². The summed E-state index contributed by atoms with van der Waals surface area (Å²) in [6, 6.07) is 5.11. The van der Waals surface area contributed by atoms with Crippen molar-refractivity contribution in [3.05, 3.63) is 42.1 Å². The van der Waals surface area contributed by atoms with Gasteiger partial charge in [-0.2, -0.15) is 5.26 Å². The number of ether oxygens (including phenoxy) is 1. The minimum atomic E-state index is -1.23. The second-order valence-corrected chi connectivity index (χ2v) is 7.74. The largest absolute Gasteiger partial charge is 0.467 e. The maximum Gasteiger partial charge on any atom is 0.411 e.